The van der Waals surface area contributed by atoms with Crippen molar-refractivity contribution in [2.24, 2.45) is 0 Å². The Balaban J connectivity index is 1.78. The van der Waals surface area contributed by atoms with Gasteiger partial charge in [0.25, 0.3) is 5.91 Å². The predicted molar refractivity (Wildman–Crippen MR) is 109 cm³/mol. The van der Waals surface area contributed by atoms with Gasteiger partial charge in [-0.2, -0.15) is 5.01 Å². The minimum atomic E-state index is -1.10. The van der Waals surface area contributed by atoms with Gasteiger partial charge in [0.2, 0.25) is 0 Å². The van der Waals surface area contributed by atoms with Crippen molar-refractivity contribution in [1.29, 1.82) is 0 Å². The molecule has 0 unspecified atom stereocenters. The maximum Gasteiger partial charge on any atom is 0.344 e. The van der Waals surface area contributed by atoms with E-state index in [9.17, 15) is 9.59 Å². The predicted octanol–water partition coefficient (Wildman–Crippen LogP) is 3.36. The molecule has 2 aromatic carbocycles. The smallest absolute Gasteiger partial charge is 0.331 e. The molecular formula is C20H22N4O2S. The number of rotatable bonds is 4. The molecule has 6 nitrogen and oxygen atoms in total. The molecule has 0 aromatic heterocycles. The molecule has 1 atom stereocenters. The standard InChI is InChI=1S/C20H22N4O2S/c1-4-20(15-8-6-5-7-9-15)17(25)24(19(26)22-20)23-18(27)21-16-11-13(2)10-14(3)12-16/h5-12H,4H2,1-3H3,(H,22,26)(H2,21,23,27)/t20-/m0/s1. The topological polar surface area (TPSA) is 73.5 Å². The number of thiocarbonyl (C=S) groups is 1. The maximum absolute atomic E-state index is 13.1. The number of hydrogen-bond acceptors (Lipinski definition) is 3. The van der Waals surface area contributed by atoms with E-state index >= 15 is 0 Å². The number of hydrogen-bond donors (Lipinski definition) is 3. The summed E-state index contributed by atoms with van der Waals surface area (Å²) in [5.41, 5.74) is 5.33. The molecule has 0 bridgehead atoms. The van der Waals surface area contributed by atoms with Gasteiger partial charge in [0.15, 0.2) is 5.11 Å². The van der Waals surface area contributed by atoms with Crippen molar-refractivity contribution in [3.63, 3.8) is 0 Å². The number of hydrazine groups is 1. The van der Waals surface area contributed by atoms with Gasteiger partial charge in [-0.25, -0.2) is 4.79 Å². The van der Waals surface area contributed by atoms with Gasteiger partial charge in [0, 0.05) is 5.69 Å². The number of aryl methyl sites for hydroxylation is 2. The fourth-order valence-corrected chi connectivity index (χ4v) is 3.56. The van der Waals surface area contributed by atoms with Crippen LogP contribution >= 0.6 is 12.2 Å². The summed E-state index contributed by atoms with van der Waals surface area (Å²) in [5, 5.41) is 6.94. The molecule has 0 saturated carbocycles. The molecule has 3 rings (SSSR count). The van der Waals surface area contributed by atoms with Crippen LogP contribution in [0.15, 0.2) is 48.5 Å². The van der Waals surface area contributed by atoms with Crippen molar-refractivity contribution in [3.8, 4) is 0 Å². The summed E-state index contributed by atoms with van der Waals surface area (Å²) in [6, 6.07) is 14.6. The van der Waals surface area contributed by atoms with Crippen molar-refractivity contribution in [2.45, 2.75) is 32.7 Å². The molecule has 1 aliphatic heterocycles. The van der Waals surface area contributed by atoms with Gasteiger partial charge in [-0.1, -0.05) is 43.3 Å². The summed E-state index contributed by atoms with van der Waals surface area (Å²) < 4.78 is 0. The lowest BCUT2D eigenvalue weighted by Gasteiger charge is -2.25. The lowest BCUT2D eigenvalue weighted by molar-refractivity contribution is -0.133. The van der Waals surface area contributed by atoms with E-state index in [0.29, 0.717) is 6.42 Å². The number of carbonyl (C=O) groups is 2. The molecule has 3 amide bonds. The van der Waals surface area contributed by atoms with E-state index in [1.165, 1.54) is 0 Å². The number of urea groups is 1. The van der Waals surface area contributed by atoms with Crippen LogP contribution in [0.3, 0.4) is 0 Å². The van der Waals surface area contributed by atoms with Crippen LogP contribution in [0.5, 0.6) is 0 Å². The van der Waals surface area contributed by atoms with Crippen molar-refractivity contribution in [2.75, 3.05) is 5.32 Å². The highest BCUT2D eigenvalue weighted by atomic mass is 32.1. The molecule has 1 fully saturated rings. The van der Waals surface area contributed by atoms with Gasteiger partial charge in [-0.15, -0.1) is 0 Å². The average Bonchev–Trinajstić information content (AvgIpc) is 2.86. The van der Waals surface area contributed by atoms with Crippen molar-refractivity contribution >= 4 is 35.0 Å². The van der Waals surface area contributed by atoms with E-state index < -0.39 is 11.6 Å². The van der Waals surface area contributed by atoms with Crippen LogP contribution in [0.4, 0.5) is 10.5 Å². The molecule has 1 heterocycles. The third-order valence-electron chi connectivity index (χ3n) is 4.58. The third-order valence-corrected chi connectivity index (χ3v) is 4.77. The van der Waals surface area contributed by atoms with Crippen LogP contribution in [0.25, 0.3) is 0 Å². The zero-order chi connectivity index (χ0) is 19.6. The summed E-state index contributed by atoms with van der Waals surface area (Å²) in [7, 11) is 0. The summed E-state index contributed by atoms with van der Waals surface area (Å²) in [4.78, 5) is 25.5. The number of benzene rings is 2. The Hall–Kier alpha value is -2.93. The van der Waals surface area contributed by atoms with Gasteiger partial charge < -0.3 is 10.6 Å². The van der Waals surface area contributed by atoms with E-state index in [4.69, 9.17) is 12.2 Å². The Morgan fingerprint density at radius 3 is 2.33 bits per heavy atom. The second kappa shape index (κ2) is 7.36. The van der Waals surface area contributed by atoms with Crippen LogP contribution in [0.1, 0.15) is 30.0 Å². The zero-order valence-electron chi connectivity index (χ0n) is 15.5. The zero-order valence-corrected chi connectivity index (χ0v) is 16.3. The second-order valence-corrected chi connectivity index (χ2v) is 7.05. The lowest BCUT2D eigenvalue weighted by Crippen LogP contribution is -2.49. The minimum absolute atomic E-state index is 0.170. The van der Waals surface area contributed by atoms with Crippen LogP contribution < -0.4 is 16.1 Å². The first kappa shape index (κ1) is 18.8. The Labute approximate surface area is 163 Å². The van der Waals surface area contributed by atoms with Crippen molar-refractivity contribution in [3.05, 3.63) is 65.2 Å². The molecule has 0 aliphatic carbocycles. The Bertz CT molecular complexity index is 880. The van der Waals surface area contributed by atoms with Gasteiger partial charge in [-0.05, 0) is 61.3 Å². The van der Waals surface area contributed by atoms with Gasteiger partial charge >= 0.3 is 6.03 Å². The SMILES string of the molecule is CC[C@@]1(c2ccccc2)NC(=O)N(NC(=S)Nc2cc(C)cc(C)c2)C1=O. The van der Waals surface area contributed by atoms with E-state index in [0.717, 1.165) is 27.4 Å². The number of amides is 3. The molecule has 2 aromatic rings. The quantitative estimate of drug-likeness (QED) is 0.559. The average molecular weight is 382 g/mol. The second-order valence-electron chi connectivity index (χ2n) is 6.64. The van der Waals surface area contributed by atoms with Gasteiger partial charge in [-0.3, -0.25) is 10.2 Å². The molecule has 1 saturated heterocycles. The number of carbonyl (C=O) groups excluding carboxylic acids is 2. The van der Waals surface area contributed by atoms with Crippen LogP contribution in [0.2, 0.25) is 0 Å². The molecule has 0 spiro atoms. The third kappa shape index (κ3) is 3.64. The fraction of sp³-hybridized carbons (Fsp3) is 0.250. The first-order chi connectivity index (χ1) is 12.9. The molecule has 0 radical (unpaired) electrons. The van der Waals surface area contributed by atoms with Gasteiger partial charge in [0.1, 0.15) is 5.54 Å². The van der Waals surface area contributed by atoms with Crippen molar-refractivity contribution in [1.82, 2.24) is 15.8 Å². The van der Waals surface area contributed by atoms with Crippen LogP contribution in [-0.4, -0.2) is 22.1 Å². The van der Waals surface area contributed by atoms with Crippen LogP contribution in [-0.2, 0) is 10.3 Å². The normalized spacial score (nSPS) is 19.0. The Morgan fingerprint density at radius 2 is 1.74 bits per heavy atom. The minimum Gasteiger partial charge on any atom is -0.331 e. The molecule has 7 heteroatoms. The highest BCUT2D eigenvalue weighted by Gasteiger charge is 2.51. The highest BCUT2D eigenvalue weighted by molar-refractivity contribution is 7.80. The number of nitrogens with zero attached hydrogens (tertiary/aromatic N) is 1. The first-order valence-corrected chi connectivity index (χ1v) is 9.14. The number of imide groups is 1. The van der Waals surface area contributed by atoms with Crippen LogP contribution in [0, 0.1) is 13.8 Å². The number of nitrogens with one attached hydrogen (secondary N) is 3. The summed E-state index contributed by atoms with van der Waals surface area (Å²) in [5.74, 6) is -0.384. The largest absolute Gasteiger partial charge is 0.344 e. The van der Waals surface area contributed by atoms with Gasteiger partial charge in [0.05, 0.1) is 0 Å². The summed E-state index contributed by atoms with van der Waals surface area (Å²) in [6.07, 6.45) is 0.428. The summed E-state index contributed by atoms with van der Waals surface area (Å²) in [6.45, 7) is 5.84. The Kier molecular flexibility index (Phi) is 5.14. The number of anilines is 1. The first-order valence-electron chi connectivity index (χ1n) is 8.74. The Morgan fingerprint density at radius 1 is 1.11 bits per heavy atom. The maximum atomic E-state index is 13.1. The molecule has 140 valence electrons. The summed E-state index contributed by atoms with van der Waals surface area (Å²) >= 11 is 5.30. The molecular weight excluding hydrogens is 360 g/mol. The van der Waals surface area contributed by atoms with E-state index in [-0.39, 0.29) is 11.0 Å². The molecule has 1 aliphatic rings. The lowest BCUT2D eigenvalue weighted by atomic mass is 9.87. The van der Waals surface area contributed by atoms with E-state index in [2.05, 4.69) is 22.1 Å². The van der Waals surface area contributed by atoms with E-state index in [1.807, 2.05) is 63.2 Å². The monoisotopic (exact) mass is 382 g/mol. The van der Waals surface area contributed by atoms with Crippen molar-refractivity contribution < 1.29 is 9.59 Å². The molecule has 27 heavy (non-hydrogen) atoms. The highest BCUT2D eigenvalue weighted by Crippen LogP contribution is 2.31. The fourth-order valence-electron chi connectivity index (χ4n) is 3.35. The van der Waals surface area contributed by atoms with E-state index in [1.54, 1.807) is 0 Å². The molecule has 3 N–H and O–H groups in total.